The molecule has 4 aliphatic rings. The molecule has 5 rings (SSSR count). The molecular formula is C22H33F3N4O6S. The maximum Gasteiger partial charge on any atom is 0.490 e. The zero-order valence-electron chi connectivity index (χ0n) is 20.5. The topological polar surface area (TPSA) is 114 Å². The zero-order chi connectivity index (χ0) is 26.4. The third kappa shape index (κ3) is 5.57. The number of carbonyl (C=O) groups is 1. The molecule has 0 radical (unpaired) electrons. The molecule has 0 amide bonds. The first-order valence-corrected chi connectivity index (χ1v) is 13.5. The van der Waals surface area contributed by atoms with Gasteiger partial charge in [0.05, 0.1) is 24.5 Å². The number of aromatic nitrogens is 2. The van der Waals surface area contributed by atoms with E-state index >= 15 is 0 Å². The van der Waals surface area contributed by atoms with Crippen molar-refractivity contribution in [1.82, 2.24) is 19.0 Å². The highest BCUT2D eigenvalue weighted by molar-refractivity contribution is 7.89. The number of aryl methyl sites for hydroxylation is 2. The molecule has 0 saturated carbocycles. The third-order valence-electron chi connectivity index (χ3n) is 7.80. The van der Waals surface area contributed by atoms with E-state index in [-0.39, 0.29) is 10.6 Å². The van der Waals surface area contributed by atoms with Crippen LogP contribution in [0.3, 0.4) is 0 Å². The summed E-state index contributed by atoms with van der Waals surface area (Å²) in [6.45, 7) is 7.67. The van der Waals surface area contributed by atoms with Crippen LogP contribution in [0.4, 0.5) is 13.2 Å². The number of aliphatic carboxylic acids is 1. The second kappa shape index (κ2) is 9.86. The lowest BCUT2D eigenvalue weighted by Gasteiger charge is -2.38. The molecule has 2 unspecified atom stereocenters. The van der Waals surface area contributed by atoms with Gasteiger partial charge in [-0.1, -0.05) is 0 Å². The predicted octanol–water partition coefficient (Wildman–Crippen LogP) is 1.79. The number of carboxylic acids is 1. The number of rotatable bonds is 3. The van der Waals surface area contributed by atoms with Crippen LogP contribution in [0, 0.1) is 12.3 Å². The van der Waals surface area contributed by atoms with Crippen LogP contribution in [0.25, 0.3) is 0 Å². The molecule has 204 valence electrons. The zero-order valence-corrected chi connectivity index (χ0v) is 21.3. The first kappa shape index (κ1) is 27.3. The van der Waals surface area contributed by atoms with Gasteiger partial charge in [0, 0.05) is 44.7 Å². The largest absolute Gasteiger partial charge is 0.490 e. The number of ether oxygens (including phenoxy) is 2. The maximum atomic E-state index is 13.0. The molecule has 4 fully saturated rings. The molecule has 0 aliphatic carbocycles. The second-order valence-corrected chi connectivity index (χ2v) is 12.2. The summed E-state index contributed by atoms with van der Waals surface area (Å²) in [6, 6.07) is 2.11. The Morgan fingerprint density at radius 3 is 2.39 bits per heavy atom. The molecule has 14 heteroatoms. The van der Waals surface area contributed by atoms with Crippen LogP contribution in [0.2, 0.25) is 0 Å². The van der Waals surface area contributed by atoms with Gasteiger partial charge in [0.1, 0.15) is 0 Å². The van der Waals surface area contributed by atoms with Gasteiger partial charge in [0.2, 0.25) is 0 Å². The number of likely N-dealkylation sites (tertiary alicyclic amines) is 1. The van der Waals surface area contributed by atoms with Gasteiger partial charge in [0.15, 0.2) is 5.03 Å². The van der Waals surface area contributed by atoms with Crippen molar-refractivity contribution < 1.29 is 41.0 Å². The molecule has 1 aromatic rings. The number of carboxylic acid groups (broad SMARTS) is 1. The van der Waals surface area contributed by atoms with Crippen molar-refractivity contribution in [3.63, 3.8) is 0 Å². The minimum atomic E-state index is -5.08. The van der Waals surface area contributed by atoms with Gasteiger partial charge >= 0.3 is 12.1 Å². The van der Waals surface area contributed by atoms with Crippen molar-refractivity contribution in [1.29, 1.82) is 0 Å². The molecule has 2 spiro atoms. The van der Waals surface area contributed by atoms with E-state index in [1.165, 1.54) is 17.5 Å². The molecule has 1 N–H and O–H groups in total. The Bertz CT molecular complexity index is 1060. The molecule has 5 heterocycles. The number of piperidine rings is 1. The molecule has 1 aromatic heterocycles. The molecule has 0 bridgehead atoms. The Balaban J connectivity index is 0.000000384. The van der Waals surface area contributed by atoms with Crippen molar-refractivity contribution in [3.05, 3.63) is 11.8 Å². The van der Waals surface area contributed by atoms with Gasteiger partial charge in [-0.2, -0.15) is 22.6 Å². The van der Waals surface area contributed by atoms with Crippen LogP contribution < -0.4 is 0 Å². The fraction of sp³-hybridized carbons (Fsp3) is 0.818. The summed E-state index contributed by atoms with van der Waals surface area (Å²) in [5.41, 5.74) is 0.924. The number of alkyl halides is 3. The lowest BCUT2D eigenvalue weighted by atomic mass is 9.86. The van der Waals surface area contributed by atoms with Crippen molar-refractivity contribution in [3.8, 4) is 0 Å². The van der Waals surface area contributed by atoms with Crippen LogP contribution >= 0.6 is 0 Å². The highest BCUT2D eigenvalue weighted by atomic mass is 32.2. The van der Waals surface area contributed by atoms with Crippen LogP contribution in [0.15, 0.2) is 11.1 Å². The molecule has 0 aromatic carbocycles. The molecule has 2 atom stereocenters. The van der Waals surface area contributed by atoms with Gasteiger partial charge in [-0.05, 0) is 51.6 Å². The minimum Gasteiger partial charge on any atom is -0.475 e. The second-order valence-electron chi connectivity index (χ2n) is 10.3. The SMILES string of the molecule is Cc1cc(S(=O)(=O)N2CCC3(CC2)CC(N2CCC4(CCOC4)C2)CO3)n(C)n1.O=C(O)C(F)(F)F. The molecule has 10 nitrogen and oxygen atoms in total. The lowest BCUT2D eigenvalue weighted by molar-refractivity contribution is -0.192. The summed E-state index contributed by atoms with van der Waals surface area (Å²) in [4.78, 5) is 11.5. The first-order chi connectivity index (χ1) is 16.8. The summed E-state index contributed by atoms with van der Waals surface area (Å²) in [7, 11) is -1.82. The quantitative estimate of drug-likeness (QED) is 0.620. The monoisotopic (exact) mass is 538 g/mol. The van der Waals surface area contributed by atoms with Crippen molar-refractivity contribution in [2.45, 2.75) is 61.9 Å². The Morgan fingerprint density at radius 1 is 1.19 bits per heavy atom. The number of hydrogen-bond acceptors (Lipinski definition) is 7. The minimum absolute atomic E-state index is 0.166. The predicted molar refractivity (Wildman–Crippen MR) is 121 cm³/mol. The Labute approximate surface area is 208 Å². The highest BCUT2D eigenvalue weighted by Crippen LogP contribution is 2.44. The first-order valence-electron chi connectivity index (χ1n) is 12.0. The summed E-state index contributed by atoms with van der Waals surface area (Å²) in [5.74, 6) is -2.76. The summed E-state index contributed by atoms with van der Waals surface area (Å²) >= 11 is 0. The summed E-state index contributed by atoms with van der Waals surface area (Å²) in [5, 5.41) is 11.6. The standard InChI is InChI=1S/C20H32N4O4S.C2HF3O2/c1-16-11-18(22(2)21-16)29(25,26)24-8-4-20(5-9-24)12-17(13-28-20)23-7-3-19(14-23)6-10-27-15-19;3-2(4,5)1(6)7/h11,17H,3-10,12-15H2,1-2H3;(H,6,7). The van der Waals surface area contributed by atoms with E-state index in [9.17, 15) is 21.6 Å². The summed E-state index contributed by atoms with van der Waals surface area (Å²) in [6.07, 6.45) is -0.124. The average molecular weight is 539 g/mol. The van der Waals surface area contributed by atoms with E-state index < -0.39 is 22.2 Å². The van der Waals surface area contributed by atoms with Gasteiger partial charge < -0.3 is 14.6 Å². The van der Waals surface area contributed by atoms with E-state index in [0.29, 0.717) is 24.5 Å². The number of hydrogen-bond donors (Lipinski definition) is 1. The van der Waals surface area contributed by atoms with Gasteiger partial charge in [-0.25, -0.2) is 13.2 Å². The third-order valence-corrected chi connectivity index (χ3v) is 9.75. The van der Waals surface area contributed by atoms with E-state index in [1.54, 1.807) is 17.4 Å². The fourth-order valence-electron chi connectivity index (χ4n) is 5.75. The van der Waals surface area contributed by atoms with Crippen LogP contribution in [0.5, 0.6) is 0 Å². The average Bonchev–Trinajstić information content (AvgIpc) is 3.58. The normalized spacial score (nSPS) is 29.1. The van der Waals surface area contributed by atoms with Gasteiger partial charge in [-0.3, -0.25) is 9.58 Å². The lowest BCUT2D eigenvalue weighted by Crippen LogP contribution is -2.47. The van der Waals surface area contributed by atoms with Crippen LogP contribution in [0.1, 0.15) is 37.8 Å². The van der Waals surface area contributed by atoms with E-state index in [4.69, 9.17) is 19.4 Å². The number of nitrogens with zero attached hydrogens (tertiary/aromatic N) is 4. The van der Waals surface area contributed by atoms with Crippen molar-refractivity contribution >= 4 is 16.0 Å². The summed E-state index contributed by atoms with van der Waals surface area (Å²) < 4.78 is 72.9. The highest BCUT2D eigenvalue weighted by Gasteiger charge is 2.50. The Morgan fingerprint density at radius 2 is 1.86 bits per heavy atom. The molecular weight excluding hydrogens is 505 g/mol. The number of halogens is 3. The molecule has 4 aliphatic heterocycles. The maximum absolute atomic E-state index is 13.0. The fourth-order valence-corrected chi connectivity index (χ4v) is 7.37. The van der Waals surface area contributed by atoms with Crippen LogP contribution in [-0.2, 0) is 31.3 Å². The smallest absolute Gasteiger partial charge is 0.475 e. The number of sulfonamides is 1. The van der Waals surface area contributed by atoms with Crippen LogP contribution in [-0.4, -0.2) is 102 Å². The van der Waals surface area contributed by atoms with Crippen molar-refractivity contribution in [2.24, 2.45) is 12.5 Å². The molecule has 4 saturated heterocycles. The van der Waals surface area contributed by atoms with Crippen molar-refractivity contribution in [2.75, 3.05) is 46.0 Å². The Kier molecular flexibility index (Phi) is 7.47. The van der Waals surface area contributed by atoms with Gasteiger partial charge in [0.25, 0.3) is 10.0 Å². The van der Waals surface area contributed by atoms with E-state index in [2.05, 4.69) is 10.00 Å². The van der Waals surface area contributed by atoms with E-state index in [1.807, 2.05) is 6.92 Å². The Hall–Kier alpha value is -1.74. The van der Waals surface area contributed by atoms with Gasteiger partial charge in [-0.15, -0.1) is 0 Å². The van der Waals surface area contributed by atoms with E-state index in [0.717, 1.165) is 57.9 Å². The molecule has 36 heavy (non-hydrogen) atoms.